The van der Waals surface area contributed by atoms with Crippen LogP contribution in [0.2, 0.25) is 0 Å². The van der Waals surface area contributed by atoms with Crippen molar-refractivity contribution in [3.63, 3.8) is 0 Å². The molecular weight excluding hydrogens is 216 g/mol. The van der Waals surface area contributed by atoms with Crippen LogP contribution in [0, 0.1) is 6.92 Å². The maximum Gasteiger partial charge on any atom is 0.240 e. The van der Waals surface area contributed by atoms with Gasteiger partial charge in [-0.05, 0) is 46.3 Å². The van der Waals surface area contributed by atoms with Crippen LogP contribution in [0.4, 0.5) is 0 Å². The minimum absolute atomic E-state index is 0.678. The third-order valence-corrected chi connectivity index (χ3v) is 3.42. The van der Waals surface area contributed by atoms with E-state index in [1.807, 2.05) is 6.92 Å². The number of likely N-dealkylation sites (tertiary alicyclic amines) is 1. The maximum absolute atomic E-state index is 5.04. The van der Waals surface area contributed by atoms with E-state index in [0.29, 0.717) is 18.3 Å². The molecule has 2 heterocycles. The number of piperidine rings is 1. The van der Waals surface area contributed by atoms with Crippen molar-refractivity contribution >= 4 is 0 Å². The minimum atomic E-state index is 0.678. The van der Waals surface area contributed by atoms with Crippen LogP contribution in [0.5, 0.6) is 0 Å². The van der Waals surface area contributed by atoms with Gasteiger partial charge >= 0.3 is 0 Å². The lowest BCUT2D eigenvalue weighted by Gasteiger charge is -2.32. The lowest BCUT2D eigenvalue weighted by molar-refractivity contribution is 0.175. The van der Waals surface area contributed by atoms with E-state index in [9.17, 15) is 0 Å². The summed E-state index contributed by atoms with van der Waals surface area (Å²) in [5, 5.41) is 7.12. The van der Waals surface area contributed by atoms with Crippen molar-refractivity contribution in [3.8, 4) is 0 Å². The molecule has 96 valence electrons. The van der Waals surface area contributed by atoms with Crippen molar-refractivity contribution in [1.82, 2.24) is 20.4 Å². The van der Waals surface area contributed by atoms with E-state index in [-0.39, 0.29) is 0 Å². The van der Waals surface area contributed by atoms with Gasteiger partial charge in [-0.1, -0.05) is 11.6 Å². The highest BCUT2D eigenvalue weighted by atomic mass is 16.5. The van der Waals surface area contributed by atoms with Gasteiger partial charge in [0.1, 0.15) is 0 Å². The van der Waals surface area contributed by atoms with Crippen molar-refractivity contribution in [2.24, 2.45) is 0 Å². The summed E-state index contributed by atoms with van der Waals surface area (Å²) in [6.07, 6.45) is 5.25. The van der Waals surface area contributed by atoms with E-state index >= 15 is 0 Å². The number of aromatic nitrogens is 2. The fraction of sp³-hybridized carbons (Fsp3) is 0.833. The monoisotopic (exact) mass is 238 g/mol. The van der Waals surface area contributed by atoms with Crippen LogP contribution in [0.3, 0.4) is 0 Å². The molecule has 0 radical (unpaired) electrons. The third-order valence-electron chi connectivity index (χ3n) is 3.42. The van der Waals surface area contributed by atoms with Gasteiger partial charge in [-0.15, -0.1) is 0 Å². The number of hydrogen-bond donors (Lipinski definition) is 1. The molecule has 0 bridgehead atoms. The van der Waals surface area contributed by atoms with Crippen LogP contribution in [0.25, 0.3) is 0 Å². The predicted molar refractivity (Wildman–Crippen MR) is 65.6 cm³/mol. The molecule has 2 rings (SSSR count). The lowest BCUT2D eigenvalue weighted by atomic mass is 10.0. The Hall–Kier alpha value is -0.940. The second kappa shape index (κ2) is 6.12. The molecule has 1 aliphatic heterocycles. The molecule has 0 spiro atoms. The molecule has 0 amide bonds. The van der Waals surface area contributed by atoms with Crippen molar-refractivity contribution in [1.29, 1.82) is 0 Å². The SMILES string of the molecule is Cc1noc(CNCCC2CCCCN2C)n1. The van der Waals surface area contributed by atoms with E-state index in [0.717, 1.165) is 12.6 Å². The largest absolute Gasteiger partial charge is 0.338 e. The summed E-state index contributed by atoms with van der Waals surface area (Å²) in [4.78, 5) is 6.63. The Bertz CT molecular complexity index is 339. The maximum atomic E-state index is 5.04. The van der Waals surface area contributed by atoms with Gasteiger partial charge < -0.3 is 14.7 Å². The van der Waals surface area contributed by atoms with Gasteiger partial charge in [0.2, 0.25) is 5.89 Å². The molecule has 1 N–H and O–H groups in total. The van der Waals surface area contributed by atoms with Gasteiger partial charge in [0.25, 0.3) is 0 Å². The van der Waals surface area contributed by atoms with Crippen molar-refractivity contribution in [3.05, 3.63) is 11.7 Å². The van der Waals surface area contributed by atoms with Crippen molar-refractivity contribution in [2.45, 2.75) is 45.2 Å². The standard InChI is InChI=1S/C12H22N4O/c1-10-14-12(17-15-10)9-13-7-6-11-5-3-4-8-16(11)2/h11,13H,3-9H2,1-2H3. The fourth-order valence-electron chi connectivity index (χ4n) is 2.38. The molecule has 1 aliphatic rings. The van der Waals surface area contributed by atoms with Gasteiger partial charge in [-0.3, -0.25) is 0 Å². The topological polar surface area (TPSA) is 54.2 Å². The second-order valence-corrected chi connectivity index (χ2v) is 4.83. The molecule has 1 saturated heterocycles. The molecule has 5 heteroatoms. The number of nitrogens with one attached hydrogen (secondary N) is 1. The lowest BCUT2D eigenvalue weighted by Crippen LogP contribution is -2.38. The number of nitrogens with zero attached hydrogens (tertiary/aromatic N) is 3. The summed E-state index contributed by atoms with van der Waals surface area (Å²) in [6, 6.07) is 0.737. The van der Waals surface area contributed by atoms with Crippen molar-refractivity contribution < 1.29 is 4.52 Å². The quantitative estimate of drug-likeness (QED) is 0.785. The van der Waals surface area contributed by atoms with Gasteiger partial charge in [0.05, 0.1) is 6.54 Å². The van der Waals surface area contributed by atoms with Crippen molar-refractivity contribution in [2.75, 3.05) is 20.1 Å². The third kappa shape index (κ3) is 3.78. The zero-order valence-corrected chi connectivity index (χ0v) is 10.8. The zero-order valence-electron chi connectivity index (χ0n) is 10.8. The molecule has 17 heavy (non-hydrogen) atoms. The molecule has 1 unspecified atom stereocenters. The number of aryl methyl sites for hydroxylation is 1. The first-order chi connectivity index (χ1) is 8.25. The van der Waals surface area contributed by atoms with Crippen LogP contribution in [-0.2, 0) is 6.54 Å². The van der Waals surface area contributed by atoms with Crippen LogP contribution in [-0.4, -0.2) is 41.2 Å². The first-order valence-electron chi connectivity index (χ1n) is 6.46. The Morgan fingerprint density at radius 2 is 2.35 bits per heavy atom. The highest BCUT2D eigenvalue weighted by molar-refractivity contribution is 4.82. The van der Waals surface area contributed by atoms with Crippen LogP contribution in [0.15, 0.2) is 4.52 Å². The van der Waals surface area contributed by atoms with Crippen LogP contribution >= 0.6 is 0 Å². The fourth-order valence-corrected chi connectivity index (χ4v) is 2.38. The highest BCUT2D eigenvalue weighted by Crippen LogP contribution is 2.17. The van der Waals surface area contributed by atoms with Gasteiger partial charge in [-0.2, -0.15) is 4.98 Å². The molecule has 1 fully saturated rings. The first-order valence-corrected chi connectivity index (χ1v) is 6.46. The summed E-state index contributed by atoms with van der Waals surface area (Å²) >= 11 is 0. The average Bonchev–Trinajstić information content (AvgIpc) is 2.73. The number of hydrogen-bond acceptors (Lipinski definition) is 5. The van der Waals surface area contributed by atoms with E-state index in [4.69, 9.17) is 4.52 Å². The zero-order chi connectivity index (χ0) is 12.1. The first kappa shape index (κ1) is 12.5. The Morgan fingerprint density at radius 1 is 1.47 bits per heavy atom. The van der Waals surface area contributed by atoms with Gasteiger partial charge in [0, 0.05) is 6.04 Å². The van der Waals surface area contributed by atoms with Gasteiger partial charge in [-0.25, -0.2) is 0 Å². The summed E-state index contributed by atoms with van der Waals surface area (Å²) in [5.41, 5.74) is 0. The Kier molecular flexibility index (Phi) is 4.50. The second-order valence-electron chi connectivity index (χ2n) is 4.83. The highest BCUT2D eigenvalue weighted by Gasteiger charge is 2.17. The van der Waals surface area contributed by atoms with E-state index < -0.39 is 0 Å². The molecule has 1 aromatic rings. The average molecular weight is 238 g/mol. The molecular formula is C12H22N4O. The summed E-state index contributed by atoms with van der Waals surface area (Å²) < 4.78 is 5.04. The summed E-state index contributed by atoms with van der Waals surface area (Å²) in [5.74, 6) is 1.38. The van der Waals surface area contributed by atoms with E-state index in [1.165, 1.54) is 32.2 Å². The number of rotatable bonds is 5. The molecule has 0 aromatic carbocycles. The molecule has 0 saturated carbocycles. The van der Waals surface area contributed by atoms with Crippen LogP contribution in [0.1, 0.15) is 37.4 Å². The minimum Gasteiger partial charge on any atom is -0.338 e. The Balaban J connectivity index is 1.62. The van der Waals surface area contributed by atoms with E-state index in [1.54, 1.807) is 0 Å². The van der Waals surface area contributed by atoms with Crippen LogP contribution < -0.4 is 5.32 Å². The molecule has 1 aromatic heterocycles. The Labute approximate surface area is 103 Å². The normalized spacial score (nSPS) is 21.9. The predicted octanol–water partition coefficient (Wildman–Crippen LogP) is 1.34. The summed E-state index contributed by atoms with van der Waals surface area (Å²) in [6.45, 7) is 4.77. The molecule has 1 atom stereocenters. The van der Waals surface area contributed by atoms with Gasteiger partial charge in [0.15, 0.2) is 5.82 Å². The Morgan fingerprint density at radius 3 is 3.06 bits per heavy atom. The summed E-state index contributed by atoms with van der Waals surface area (Å²) in [7, 11) is 2.23. The van der Waals surface area contributed by atoms with E-state index in [2.05, 4.69) is 27.4 Å². The smallest absolute Gasteiger partial charge is 0.240 e. The molecule has 0 aliphatic carbocycles. The molecule has 5 nitrogen and oxygen atoms in total.